The number of hydrogen-bond acceptors (Lipinski definition) is 2. The van der Waals surface area contributed by atoms with Gasteiger partial charge in [-0.15, -0.1) is 0 Å². The van der Waals surface area contributed by atoms with Crippen molar-refractivity contribution in [2.75, 3.05) is 6.54 Å². The molecule has 0 spiro atoms. The van der Waals surface area contributed by atoms with Crippen molar-refractivity contribution in [2.24, 2.45) is 5.92 Å². The lowest BCUT2D eigenvalue weighted by atomic mass is 10.1. The Morgan fingerprint density at radius 3 is 2.67 bits per heavy atom. The molecule has 0 bridgehead atoms. The Morgan fingerprint density at radius 2 is 2.13 bits per heavy atom. The van der Waals surface area contributed by atoms with E-state index in [0.717, 1.165) is 5.92 Å². The fourth-order valence-corrected chi connectivity index (χ4v) is 2.24. The van der Waals surface area contributed by atoms with Crippen LogP contribution in [0.15, 0.2) is 0 Å². The van der Waals surface area contributed by atoms with Gasteiger partial charge >= 0.3 is 0 Å². The third-order valence-corrected chi connectivity index (χ3v) is 3.12. The van der Waals surface area contributed by atoms with Crippen LogP contribution in [0, 0.1) is 5.92 Å². The van der Waals surface area contributed by atoms with E-state index >= 15 is 0 Å². The highest BCUT2D eigenvalue weighted by molar-refractivity contribution is 5.78. The van der Waals surface area contributed by atoms with Crippen LogP contribution < -0.4 is 10.6 Å². The third kappa shape index (κ3) is 4.65. The van der Waals surface area contributed by atoms with Gasteiger partial charge in [0.05, 0.1) is 6.54 Å². The van der Waals surface area contributed by atoms with E-state index < -0.39 is 0 Å². The average Bonchev–Trinajstić information content (AvgIpc) is 2.61. The Labute approximate surface area is 93.0 Å². The number of rotatable bonds is 5. The van der Waals surface area contributed by atoms with Crippen LogP contribution in [-0.2, 0) is 4.79 Å². The highest BCUT2D eigenvalue weighted by Crippen LogP contribution is 2.27. The van der Waals surface area contributed by atoms with Gasteiger partial charge in [-0.3, -0.25) is 4.79 Å². The van der Waals surface area contributed by atoms with Gasteiger partial charge in [-0.2, -0.15) is 0 Å². The molecule has 3 nitrogen and oxygen atoms in total. The van der Waals surface area contributed by atoms with Crippen molar-refractivity contribution in [3.05, 3.63) is 0 Å². The van der Waals surface area contributed by atoms with Crippen molar-refractivity contribution < 1.29 is 4.79 Å². The monoisotopic (exact) mass is 212 g/mol. The average molecular weight is 212 g/mol. The minimum atomic E-state index is 0.116. The largest absolute Gasteiger partial charge is 0.353 e. The van der Waals surface area contributed by atoms with E-state index in [0.29, 0.717) is 12.6 Å². The Bertz CT molecular complexity index is 204. The van der Waals surface area contributed by atoms with Gasteiger partial charge in [0, 0.05) is 12.1 Å². The van der Waals surface area contributed by atoms with Crippen molar-refractivity contribution in [2.45, 2.75) is 58.5 Å². The molecule has 2 N–H and O–H groups in total. The van der Waals surface area contributed by atoms with Crippen LogP contribution in [0.3, 0.4) is 0 Å². The van der Waals surface area contributed by atoms with Crippen molar-refractivity contribution in [3.8, 4) is 0 Å². The molecule has 1 rings (SSSR count). The van der Waals surface area contributed by atoms with Gasteiger partial charge in [0.15, 0.2) is 0 Å². The van der Waals surface area contributed by atoms with Gasteiger partial charge in [0.25, 0.3) is 0 Å². The Morgan fingerprint density at radius 1 is 1.40 bits per heavy atom. The topological polar surface area (TPSA) is 41.1 Å². The van der Waals surface area contributed by atoms with E-state index in [1.807, 2.05) is 13.8 Å². The van der Waals surface area contributed by atoms with Crippen LogP contribution in [0.2, 0.25) is 0 Å². The van der Waals surface area contributed by atoms with Crippen LogP contribution in [0.4, 0.5) is 0 Å². The summed E-state index contributed by atoms with van der Waals surface area (Å²) >= 11 is 0. The standard InChI is InChI=1S/C12H24N2O/c1-4-10-5-6-11(7-10)13-8-12(15)14-9(2)3/h9-11,13H,4-8H2,1-3H3,(H,14,15). The molecular weight excluding hydrogens is 188 g/mol. The molecule has 1 aliphatic rings. The van der Waals surface area contributed by atoms with Gasteiger partial charge in [-0.1, -0.05) is 13.3 Å². The lowest BCUT2D eigenvalue weighted by molar-refractivity contribution is -0.120. The first-order chi connectivity index (χ1) is 7.11. The Balaban J connectivity index is 2.13. The normalized spacial score (nSPS) is 25.9. The molecule has 0 radical (unpaired) electrons. The predicted octanol–water partition coefficient (Wildman–Crippen LogP) is 1.68. The molecule has 1 aliphatic carbocycles. The second-order valence-corrected chi connectivity index (χ2v) is 4.89. The number of nitrogens with one attached hydrogen (secondary N) is 2. The Hall–Kier alpha value is -0.570. The minimum Gasteiger partial charge on any atom is -0.353 e. The molecule has 0 aromatic carbocycles. The molecule has 1 fully saturated rings. The van der Waals surface area contributed by atoms with Crippen molar-refractivity contribution in [3.63, 3.8) is 0 Å². The van der Waals surface area contributed by atoms with E-state index in [1.165, 1.54) is 25.7 Å². The zero-order valence-electron chi connectivity index (χ0n) is 10.2. The fourth-order valence-electron chi connectivity index (χ4n) is 2.24. The second kappa shape index (κ2) is 6.11. The van der Waals surface area contributed by atoms with E-state index in [1.54, 1.807) is 0 Å². The molecule has 0 aromatic rings. The van der Waals surface area contributed by atoms with Crippen molar-refractivity contribution in [1.82, 2.24) is 10.6 Å². The molecule has 2 unspecified atom stereocenters. The molecule has 0 saturated heterocycles. The molecule has 2 atom stereocenters. The molecule has 0 heterocycles. The van der Waals surface area contributed by atoms with Crippen LogP contribution in [0.5, 0.6) is 0 Å². The summed E-state index contributed by atoms with van der Waals surface area (Å²) < 4.78 is 0. The molecule has 0 aromatic heterocycles. The first-order valence-electron chi connectivity index (χ1n) is 6.14. The maximum absolute atomic E-state index is 11.4. The second-order valence-electron chi connectivity index (χ2n) is 4.89. The van der Waals surface area contributed by atoms with Crippen LogP contribution in [0.25, 0.3) is 0 Å². The number of hydrogen-bond donors (Lipinski definition) is 2. The number of carbonyl (C=O) groups excluding carboxylic acids is 1. The summed E-state index contributed by atoms with van der Waals surface area (Å²) in [5.74, 6) is 0.987. The minimum absolute atomic E-state index is 0.116. The van der Waals surface area contributed by atoms with Gasteiger partial charge in [0.1, 0.15) is 0 Å². The molecular formula is C12H24N2O. The summed E-state index contributed by atoms with van der Waals surface area (Å²) in [4.78, 5) is 11.4. The molecule has 3 heteroatoms. The summed E-state index contributed by atoms with van der Waals surface area (Å²) in [6, 6.07) is 0.805. The molecule has 15 heavy (non-hydrogen) atoms. The lowest BCUT2D eigenvalue weighted by Crippen LogP contribution is -2.40. The van der Waals surface area contributed by atoms with E-state index in [-0.39, 0.29) is 11.9 Å². The van der Waals surface area contributed by atoms with E-state index in [2.05, 4.69) is 17.6 Å². The van der Waals surface area contributed by atoms with Gasteiger partial charge in [-0.05, 0) is 39.0 Å². The molecule has 1 saturated carbocycles. The highest BCUT2D eigenvalue weighted by atomic mass is 16.1. The van der Waals surface area contributed by atoms with Gasteiger partial charge < -0.3 is 10.6 Å². The summed E-state index contributed by atoms with van der Waals surface area (Å²) in [5, 5.41) is 6.23. The fraction of sp³-hybridized carbons (Fsp3) is 0.917. The summed E-state index contributed by atoms with van der Waals surface area (Å²) in [5.41, 5.74) is 0. The van der Waals surface area contributed by atoms with E-state index in [4.69, 9.17) is 0 Å². The molecule has 0 aliphatic heterocycles. The molecule has 1 amide bonds. The zero-order valence-corrected chi connectivity index (χ0v) is 10.2. The quantitative estimate of drug-likeness (QED) is 0.728. The van der Waals surface area contributed by atoms with Crippen molar-refractivity contribution in [1.29, 1.82) is 0 Å². The Kier molecular flexibility index (Phi) is 5.09. The summed E-state index contributed by atoms with van der Waals surface area (Å²) in [6.45, 7) is 6.69. The smallest absolute Gasteiger partial charge is 0.234 e. The van der Waals surface area contributed by atoms with Gasteiger partial charge in [-0.25, -0.2) is 0 Å². The maximum Gasteiger partial charge on any atom is 0.234 e. The first kappa shape index (κ1) is 12.5. The zero-order chi connectivity index (χ0) is 11.3. The van der Waals surface area contributed by atoms with Crippen LogP contribution in [-0.4, -0.2) is 24.5 Å². The predicted molar refractivity (Wildman–Crippen MR) is 62.7 cm³/mol. The maximum atomic E-state index is 11.4. The summed E-state index contributed by atoms with van der Waals surface area (Å²) in [6.07, 6.45) is 5.06. The third-order valence-electron chi connectivity index (χ3n) is 3.12. The van der Waals surface area contributed by atoms with Crippen LogP contribution in [0.1, 0.15) is 46.5 Å². The lowest BCUT2D eigenvalue weighted by Gasteiger charge is -2.14. The molecule has 88 valence electrons. The van der Waals surface area contributed by atoms with Crippen LogP contribution >= 0.6 is 0 Å². The highest BCUT2D eigenvalue weighted by Gasteiger charge is 2.23. The van der Waals surface area contributed by atoms with E-state index in [9.17, 15) is 4.79 Å². The van der Waals surface area contributed by atoms with Gasteiger partial charge in [0.2, 0.25) is 5.91 Å². The van der Waals surface area contributed by atoms with Crippen molar-refractivity contribution >= 4 is 5.91 Å². The SMILES string of the molecule is CCC1CCC(NCC(=O)NC(C)C)C1. The summed E-state index contributed by atoms with van der Waals surface area (Å²) in [7, 11) is 0. The number of amides is 1. The first-order valence-corrected chi connectivity index (χ1v) is 6.14. The number of carbonyl (C=O) groups is 1.